The van der Waals surface area contributed by atoms with Crippen molar-refractivity contribution in [1.82, 2.24) is 0 Å². The fourth-order valence-corrected chi connectivity index (χ4v) is 1.81. The fraction of sp³-hybridized carbons (Fsp3) is 0.333. The average molecular weight is 388 g/mol. The molecule has 1 rings (SSSR count). The molecule has 0 spiro atoms. The molecule has 0 fully saturated rings. The maximum absolute atomic E-state index is 13.5. The minimum absolute atomic E-state index is 0.351. The molecule has 22 heavy (non-hydrogen) atoms. The number of nitrogens with one attached hydrogen (secondary N) is 1. The van der Waals surface area contributed by atoms with Gasteiger partial charge in [0.15, 0.2) is 0 Å². The SMILES string of the molecule is COC(=O)[C@](O)(CC(=O)Nc1ccc(Br)cc1F)C(F)(F)F. The van der Waals surface area contributed by atoms with Crippen molar-refractivity contribution in [2.75, 3.05) is 12.4 Å². The molecule has 0 radical (unpaired) electrons. The van der Waals surface area contributed by atoms with Crippen molar-refractivity contribution in [1.29, 1.82) is 0 Å². The lowest BCUT2D eigenvalue weighted by Gasteiger charge is -2.26. The number of benzene rings is 1. The third-order valence-corrected chi connectivity index (χ3v) is 3.11. The molecule has 0 saturated heterocycles. The summed E-state index contributed by atoms with van der Waals surface area (Å²) in [4.78, 5) is 22.7. The van der Waals surface area contributed by atoms with Crippen LogP contribution in [0, 0.1) is 5.82 Å². The van der Waals surface area contributed by atoms with Gasteiger partial charge in [-0.1, -0.05) is 15.9 Å². The number of hydrogen-bond donors (Lipinski definition) is 2. The van der Waals surface area contributed by atoms with Crippen LogP contribution in [-0.4, -0.2) is 35.9 Å². The van der Waals surface area contributed by atoms with Crippen LogP contribution in [0.3, 0.4) is 0 Å². The Morgan fingerprint density at radius 1 is 1.36 bits per heavy atom. The number of anilines is 1. The van der Waals surface area contributed by atoms with Crippen molar-refractivity contribution in [2.24, 2.45) is 0 Å². The Labute approximate surface area is 130 Å². The van der Waals surface area contributed by atoms with Gasteiger partial charge < -0.3 is 15.2 Å². The molecule has 0 aromatic heterocycles. The van der Waals surface area contributed by atoms with Gasteiger partial charge in [-0.15, -0.1) is 0 Å². The van der Waals surface area contributed by atoms with Gasteiger partial charge in [0.2, 0.25) is 5.91 Å². The monoisotopic (exact) mass is 387 g/mol. The van der Waals surface area contributed by atoms with Crippen molar-refractivity contribution >= 4 is 33.5 Å². The van der Waals surface area contributed by atoms with E-state index >= 15 is 0 Å². The van der Waals surface area contributed by atoms with Gasteiger partial charge >= 0.3 is 12.1 Å². The first-order chi connectivity index (χ1) is 10.0. The molecule has 2 N–H and O–H groups in total. The Hall–Kier alpha value is -1.68. The van der Waals surface area contributed by atoms with E-state index in [-0.39, 0.29) is 0 Å². The summed E-state index contributed by atoms with van der Waals surface area (Å²) in [6.45, 7) is 0. The summed E-state index contributed by atoms with van der Waals surface area (Å²) in [6.07, 6.45) is -7.10. The number of carbonyl (C=O) groups excluding carboxylic acids is 2. The highest BCUT2D eigenvalue weighted by molar-refractivity contribution is 9.10. The summed E-state index contributed by atoms with van der Waals surface area (Å²) in [5.41, 5.74) is -4.42. The topological polar surface area (TPSA) is 75.6 Å². The van der Waals surface area contributed by atoms with E-state index in [0.717, 1.165) is 12.1 Å². The summed E-state index contributed by atoms with van der Waals surface area (Å²) in [6, 6.07) is 3.42. The molecule has 0 unspecified atom stereocenters. The van der Waals surface area contributed by atoms with Gasteiger partial charge in [0, 0.05) is 4.47 Å². The second-order valence-electron chi connectivity index (χ2n) is 4.20. The van der Waals surface area contributed by atoms with E-state index in [2.05, 4.69) is 20.7 Å². The van der Waals surface area contributed by atoms with E-state index in [1.807, 2.05) is 5.32 Å². The first-order valence-corrected chi connectivity index (χ1v) is 6.43. The number of rotatable bonds is 4. The second kappa shape index (κ2) is 6.61. The van der Waals surface area contributed by atoms with Gasteiger partial charge in [-0.25, -0.2) is 9.18 Å². The quantitative estimate of drug-likeness (QED) is 0.614. The standard InChI is InChI=1S/C12H10BrF4NO4/c1-22-10(20)11(21,12(15,16)17)5-9(19)18-8-3-2-6(13)4-7(8)14/h2-4,21H,5H2,1H3,(H,18,19)/t11-/m1/s1. The number of aliphatic hydroxyl groups is 1. The largest absolute Gasteiger partial charge is 0.467 e. The van der Waals surface area contributed by atoms with Crippen LogP contribution in [0.1, 0.15) is 6.42 Å². The zero-order valence-corrected chi connectivity index (χ0v) is 12.6. The summed E-state index contributed by atoms with van der Waals surface area (Å²) in [5, 5.41) is 11.3. The molecular formula is C12H10BrF4NO4. The number of alkyl halides is 3. The molecule has 0 bridgehead atoms. The predicted octanol–water partition coefficient (Wildman–Crippen LogP) is 2.38. The first kappa shape index (κ1) is 18.4. The van der Waals surface area contributed by atoms with Gasteiger partial charge in [0.1, 0.15) is 5.82 Å². The van der Waals surface area contributed by atoms with E-state index in [9.17, 15) is 32.3 Å². The van der Waals surface area contributed by atoms with Crippen LogP contribution in [0.15, 0.2) is 22.7 Å². The highest BCUT2D eigenvalue weighted by atomic mass is 79.9. The lowest BCUT2D eigenvalue weighted by Crippen LogP contribution is -2.54. The fourth-order valence-electron chi connectivity index (χ4n) is 1.47. The van der Waals surface area contributed by atoms with Crippen LogP contribution < -0.4 is 5.32 Å². The van der Waals surface area contributed by atoms with Crippen LogP contribution in [0.4, 0.5) is 23.2 Å². The molecule has 1 atom stereocenters. The van der Waals surface area contributed by atoms with E-state index in [1.165, 1.54) is 6.07 Å². The van der Waals surface area contributed by atoms with Crippen LogP contribution in [-0.2, 0) is 14.3 Å². The molecule has 5 nitrogen and oxygen atoms in total. The Morgan fingerprint density at radius 3 is 2.41 bits per heavy atom. The maximum Gasteiger partial charge on any atom is 0.428 e. The second-order valence-corrected chi connectivity index (χ2v) is 5.11. The van der Waals surface area contributed by atoms with E-state index in [4.69, 9.17) is 0 Å². The summed E-state index contributed by atoms with van der Waals surface area (Å²) >= 11 is 2.96. The molecule has 0 saturated carbocycles. The molecule has 0 aliphatic heterocycles. The summed E-state index contributed by atoms with van der Waals surface area (Å²) < 4.78 is 56.0. The summed E-state index contributed by atoms with van der Waals surface area (Å²) in [5.74, 6) is -4.35. The number of ether oxygens (including phenoxy) is 1. The first-order valence-electron chi connectivity index (χ1n) is 5.63. The Morgan fingerprint density at radius 2 is 1.95 bits per heavy atom. The van der Waals surface area contributed by atoms with E-state index in [1.54, 1.807) is 0 Å². The van der Waals surface area contributed by atoms with Gasteiger partial charge in [-0.05, 0) is 18.2 Å². The molecule has 0 heterocycles. The number of halogens is 5. The predicted molar refractivity (Wildman–Crippen MR) is 70.4 cm³/mol. The third-order valence-electron chi connectivity index (χ3n) is 2.61. The molecule has 0 aliphatic rings. The van der Waals surface area contributed by atoms with Crippen LogP contribution in [0.2, 0.25) is 0 Å². The zero-order chi connectivity index (χ0) is 17.1. The molecule has 10 heteroatoms. The van der Waals surface area contributed by atoms with Gasteiger partial charge in [-0.2, -0.15) is 13.2 Å². The third kappa shape index (κ3) is 3.95. The Bertz CT molecular complexity index is 593. The molecular weight excluding hydrogens is 378 g/mol. The number of hydrogen-bond acceptors (Lipinski definition) is 4. The minimum atomic E-state index is -5.43. The van der Waals surface area contributed by atoms with Crippen molar-refractivity contribution in [3.05, 3.63) is 28.5 Å². The minimum Gasteiger partial charge on any atom is -0.467 e. The number of esters is 1. The average Bonchev–Trinajstić information content (AvgIpc) is 2.39. The van der Waals surface area contributed by atoms with Crippen LogP contribution in [0.5, 0.6) is 0 Å². The van der Waals surface area contributed by atoms with Gasteiger partial charge in [-0.3, -0.25) is 4.79 Å². The molecule has 0 aliphatic carbocycles. The summed E-state index contributed by atoms with van der Waals surface area (Å²) in [7, 11) is 0.630. The highest BCUT2D eigenvalue weighted by Gasteiger charge is 2.61. The lowest BCUT2D eigenvalue weighted by atomic mass is 9.98. The Kier molecular flexibility index (Phi) is 5.52. The molecule has 1 amide bonds. The van der Waals surface area contributed by atoms with Crippen LogP contribution >= 0.6 is 15.9 Å². The maximum atomic E-state index is 13.5. The van der Waals surface area contributed by atoms with Crippen molar-refractivity contribution in [2.45, 2.75) is 18.2 Å². The lowest BCUT2D eigenvalue weighted by molar-refractivity contribution is -0.261. The highest BCUT2D eigenvalue weighted by Crippen LogP contribution is 2.34. The van der Waals surface area contributed by atoms with Crippen molar-refractivity contribution in [3.63, 3.8) is 0 Å². The number of methoxy groups -OCH3 is 1. The number of carbonyl (C=O) groups is 2. The van der Waals surface area contributed by atoms with Crippen molar-refractivity contribution in [3.8, 4) is 0 Å². The Balaban J connectivity index is 2.95. The smallest absolute Gasteiger partial charge is 0.428 e. The van der Waals surface area contributed by atoms with Gasteiger partial charge in [0.25, 0.3) is 5.60 Å². The van der Waals surface area contributed by atoms with E-state index < -0.39 is 41.6 Å². The van der Waals surface area contributed by atoms with E-state index in [0.29, 0.717) is 11.6 Å². The molecule has 122 valence electrons. The number of amides is 1. The van der Waals surface area contributed by atoms with Gasteiger partial charge in [0.05, 0.1) is 19.2 Å². The molecule has 1 aromatic rings. The van der Waals surface area contributed by atoms with Crippen LogP contribution in [0.25, 0.3) is 0 Å². The zero-order valence-electron chi connectivity index (χ0n) is 11.0. The molecule has 1 aromatic carbocycles. The van der Waals surface area contributed by atoms with Crippen molar-refractivity contribution < 1.29 is 37.0 Å². The normalized spacial score (nSPS) is 14.1.